The zero-order chi connectivity index (χ0) is 19.4. The first kappa shape index (κ1) is 19.0. The van der Waals surface area contributed by atoms with Gasteiger partial charge in [0.15, 0.2) is 0 Å². The van der Waals surface area contributed by atoms with Gasteiger partial charge in [-0.15, -0.1) is 0 Å². The predicted molar refractivity (Wildman–Crippen MR) is 105 cm³/mol. The van der Waals surface area contributed by atoms with Crippen LogP contribution in [0.25, 0.3) is 0 Å². The number of nitro benzene ring substituents is 1. The number of rotatable bonds is 5. The fourth-order valence-corrected chi connectivity index (χ4v) is 3.22. The molecule has 0 atom stereocenters. The smallest absolute Gasteiger partial charge is 0.273 e. The summed E-state index contributed by atoms with van der Waals surface area (Å²) in [6.45, 7) is 6.76. The molecule has 1 saturated heterocycles. The number of carbonyl (C=O) groups excluding carboxylic acids is 1. The molecule has 1 aliphatic heterocycles. The lowest BCUT2D eigenvalue weighted by Gasteiger charge is -2.32. The second-order valence-electron chi connectivity index (χ2n) is 6.94. The summed E-state index contributed by atoms with van der Waals surface area (Å²) in [4.78, 5) is 27.8. The molecule has 0 radical (unpaired) electrons. The maximum Gasteiger partial charge on any atom is 0.273 e. The van der Waals surface area contributed by atoms with Crippen LogP contribution in [0.15, 0.2) is 42.5 Å². The van der Waals surface area contributed by atoms with Gasteiger partial charge in [-0.25, -0.2) is 0 Å². The van der Waals surface area contributed by atoms with E-state index in [0.717, 1.165) is 32.7 Å². The van der Waals surface area contributed by atoms with E-state index < -0.39 is 4.92 Å². The lowest BCUT2D eigenvalue weighted by molar-refractivity contribution is -0.385. The SMILES string of the molecule is Cc1c(C(=O)Nc2ccc(CN3CCN(C)CC3)cc2)cccc1[N+](=O)[O-]. The van der Waals surface area contributed by atoms with E-state index in [0.29, 0.717) is 16.8 Å². The van der Waals surface area contributed by atoms with E-state index >= 15 is 0 Å². The minimum Gasteiger partial charge on any atom is -0.322 e. The third-order valence-electron chi connectivity index (χ3n) is 4.96. The van der Waals surface area contributed by atoms with Crippen LogP contribution < -0.4 is 5.32 Å². The van der Waals surface area contributed by atoms with Gasteiger partial charge in [-0.3, -0.25) is 19.8 Å². The molecule has 0 aliphatic carbocycles. The van der Waals surface area contributed by atoms with Crippen LogP contribution in [0.4, 0.5) is 11.4 Å². The Morgan fingerprint density at radius 3 is 2.41 bits per heavy atom. The molecule has 0 unspecified atom stereocenters. The molecule has 0 aromatic heterocycles. The summed E-state index contributed by atoms with van der Waals surface area (Å²) < 4.78 is 0. The highest BCUT2D eigenvalue weighted by atomic mass is 16.6. The highest BCUT2D eigenvalue weighted by molar-refractivity contribution is 6.05. The Balaban J connectivity index is 1.64. The summed E-state index contributed by atoms with van der Waals surface area (Å²) in [5, 5.41) is 13.9. The maximum atomic E-state index is 12.5. The molecule has 1 N–H and O–H groups in total. The van der Waals surface area contributed by atoms with Gasteiger partial charge in [-0.2, -0.15) is 0 Å². The average molecular weight is 368 g/mol. The van der Waals surface area contributed by atoms with E-state index in [1.807, 2.05) is 24.3 Å². The zero-order valence-electron chi connectivity index (χ0n) is 15.6. The van der Waals surface area contributed by atoms with Crippen LogP contribution in [-0.2, 0) is 6.54 Å². The number of hydrogen-bond donors (Lipinski definition) is 1. The van der Waals surface area contributed by atoms with Gasteiger partial charge in [-0.05, 0) is 37.7 Å². The van der Waals surface area contributed by atoms with Crippen molar-refractivity contribution >= 4 is 17.3 Å². The third kappa shape index (κ3) is 4.69. The number of carbonyl (C=O) groups is 1. The number of likely N-dealkylation sites (N-methyl/N-ethyl adjacent to an activating group) is 1. The van der Waals surface area contributed by atoms with Crippen molar-refractivity contribution in [3.05, 3.63) is 69.3 Å². The van der Waals surface area contributed by atoms with Gasteiger partial charge >= 0.3 is 0 Å². The summed E-state index contributed by atoms with van der Waals surface area (Å²) in [6.07, 6.45) is 0. The molecule has 142 valence electrons. The van der Waals surface area contributed by atoms with E-state index in [2.05, 4.69) is 22.2 Å². The number of benzene rings is 2. The number of hydrogen-bond acceptors (Lipinski definition) is 5. The van der Waals surface area contributed by atoms with Gasteiger partial charge in [0.05, 0.1) is 4.92 Å². The van der Waals surface area contributed by atoms with Crippen molar-refractivity contribution in [2.75, 3.05) is 38.5 Å². The van der Waals surface area contributed by atoms with Crippen LogP contribution in [0.5, 0.6) is 0 Å². The van der Waals surface area contributed by atoms with Gasteiger partial charge in [-0.1, -0.05) is 18.2 Å². The number of anilines is 1. The molecular weight excluding hydrogens is 344 g/mol. The quantitative estimate of drug-likeness (QED) is 0.648. The van der Waals surface area contributed by atoms with Crippen molar-refractivity contribution in [1.82, 2.24) is 9.80 Å². The van der Waals surface area contributed by atoms with E-state index in [1.165, 1.54) is 17.7 Å². The van der Waals surface area contributed by atoms with Gasteiger partial charge in [0.1, 0.15) is 0 Å². The number of nitrogens with zero attached hydrogens (tertiary/aromatic N) is 3. The number of amides is 1. The average Bonchev–Trinajstić information content (AvgIpc) is 2.65. The normalized spacial score (nSPS) is 15.5. The standard InChI is InChI=1S/C20H24N4O3/c1-15-18(4-3-5-19(15)24(26)27)20(25)21-17-8-6-16(7-9-17)14-23-12-10-22(2)11-13-23/h3-9H,10-14H2,1-2H3,(H,21,25). The molecule has 1 amide bonds. The van der Waals surface area contributed by atoms with Crippen LogP contribution in [-0.4, -0.2) is 53.9 Å². The highest BCUT2D eigenvalue weighted by Crippen LogP contribution is 2.22. The van der Waals surface area contributed by atoms with Crippen molar-refractivity contribution in [2.45, 2.75) is 13.5 Å². The molecule has 2 aromatic rings. The van der Waals surface area contributed by atoms with Crippen LogP contribution in [0.1, 0.15) is 21.5 Å². The van der Waals surface area contributed by atoms with Gasteiger partial charge < -0.3 is 10.2 Å². The lowest BCUT2D eigenvalue weighted by atomic mass is 10.1. The molecule has 1 aliphatic rings. The van der Waals surface area contributed by atoms with Gasteiger partial charge in [0.2, 0.25) is 0 Å². The first-order chi connectivity index (χ1) is 12.9. The van der Waals surface area contributed by atoms with Crippen LogP contribution in [0.2, 0.25) is 0 Å². The van der Waals surface area contributed by atoms with Crippen LogP contribution >= 0.6 is 0 Å². The summed E-state index contributed by atoms with van der Waals surface area (Å²) in [7, 11) is 2.14. The molecule has 27 heavy (non-hydrogen) atoms. The summed E-state index contributed by atoms with van der Waals surface area (Å²) in [5.74, 6) is -0.344. The number of nitro groups is 1. The molecule has 1 heterocycles. The fourth-order valence-electron chi connectivity index (χ4n) is 3.22. The van der Waals surface area contributed by atoms with Crippen molar-refractivity contribution in [1.29, 1.82) is 0 Å². The third-order valence-corrected chi connectivity index (χ3v) is 4.96. The van der Waals surface area contributed by atoms with Crippen molar-refractivity contribution < 1.29 is 9.72 Å². The molecule has 1 fully saturated rings. The minimum absolute atomic E-state index is 0.0508. The monoisotopic (exact) mass is 368 g/mol. The zero-order valence-corrected chi connectivity index (χ0v) is 15.6. The topological polar surface area (TPSA) is 78.7 Å². The van der Waals surface area contributed by atoms with E-state index in [9.17, 15) is 14.9 Å². The Labute approximate surface area is 158 Å². The Hall–Kier alpha value is -2.77. The summed E-state index contributed by atoms with van der Waals surface area (Å²) >= 11 is 0. The van der Waals surface area contributed by atoms with Crippen LogP contribution in [0.3, 0.4) is 0 Å². The van der Waals surface area contributed by atoms with Crippen molar-refractivity contribution in [3.63, 3.8) is 0 Å². The second-order valence-corrected chi connectivity index (χ2v) is 6.94. The predicted octanol–water partition coefficient (Wildman–Crippen LogP) is 2.90. The highest BCUT2D eigenvalue weighted by Gasteiger charge is 2.18. The van der Waals surface area contributed by atoms with Gasteiger partial charge in [0.25, 0.3) is 11.6 Å². The van der Waals surface area contributed by atoms with E-state index in [-0.39, 0.29) is 11.6 Å². The lowest BCUT2D eigenvalue weighted by Crippen LogP contribution is -2.43. The maximum absolute atomic E-state index is 12.5. The Morgan fingerprint density at radius 2 is 1.78 bits per heavy atom. The summed E-state index contributed by atoms with van der Waals surface area (Å²) in [5.41, 5.74) is 2.50. The van der Waals surface area contributed by atoms with Gasteiger partial charge in [0, 0.05) is 55.6 Å². The molecule has 0 bridgehead atoms. The molecular formula is C20H24N4O3. The molecule has 7 nitrogen and oxygen atoms in total. The van der Waals surface area contributed by atoms with E-state index in [1.54, 1.807) is 13.0 Å². The molecule has 0 saturated carbocycles. The number of nitrogens with one attached hydrogen (secondary N) is 1. The summed E-state index contributed by atoms with van der Waals surface area (Å²) in [6, 6.07) is 12.3. The van der Waals surface area contributed by atoms with Crippen molar-refractivity contribution in [2.24, 2.45) is 0 Å². The first-order valence-corrected chi connectivity index (χ1v) is 8.99. The molecule has 0 spiro atoms. The molecule has 3 rings (SSSR count). The van der Waals surface area contributed by atoms with Crippen molar-refractivity contribution in [3.8, 4) is 0 Å². The Morgan fingerprint density at radius 1 is 1.11 bits per heavy atom. The largest absolute Gasteiger partial charge is 0.322 e. The molecule has 7 heteroatoms. The molecule has 2 aromatic carbocycles. The van der Waals surface area contributed by atoms with Crippen LogP contribution in [0, 0.1) is 17.0 Å². The second kappa shape index (κ2) is 8.28. The Bertz CT molecular complexity index is 828. The van der Waals surface area contributed by atoms with E-state index in [4.69, 9.17) is 0 Å². The fraction of sp³-hybridized carbons (Fsp3) is 0.350. The first-order valence-electron chi connectivity index (χ1n) is 8.99. The minimum atomic E-state index is -0.473. The number of piperazine rings is 1. The Kier molecular flexibility index (Phi) is 5.83.